The highest BCUT2D eigenvalue weighted by molar-refractivity contribution is 7.90. The summed E-state index contributed by atoms with van der Waals surface area (Å²) in [6.07, 6.45) is 1.00. The fraction of sp³-hybridized carbons (Fsp3) is 1.00. The molecule has 6 heteroatoms. The number of nitrogens with one attached hydrogen (secondary N) is 1. The van der Waals surface area contributed by atoms with E-state index in [1.165, 1.54) is 0 Å². The van der Waals surface area contributed by atoms with Gasteiger partial charge in [0, 0.05) is 25.7 Å². The van der Waals surface area contributed by atoms with Crippen molar-refractivity contribution in [3.63, 3.8) is 0 Å². The van der Waals surface area contributed by atoms with E-state index in [-0.39, 0.29) is 11.3 Å². The number of nitrogens with zero attached hydrogens (tertiary/aromatic N) is 1. The van der Waals surface area contributed by atoms with Crippen molar-refractivity contribution in [1.29, 1.82) is 0 Å². The third kappa shape index (κ3) is 5.77. The zero-order valence-corrected chi connectivity index (χ0v) is 13.4. The molecule has 1 N–H and O–H groups in total. The van der Waals surface area contributed by atoms with Gasteiger partial charge in [0.2, 0.25) is 10.0 Å². The van der Waals surface area contributed by atoms with E-state index in [9.17, 15) is 8.42 Å². The van der Waals surface area contributed by atoms with Crippen LogP contribution in [0.2, 0.25) is 0 Å². The lowest BCUT2D eigenvalue weighted by molar-refractivity contribution is 0.0134. The van der Waals surface area contributed by atoms with Gasteiger partial charge in [-0.1, -0.05) is 13.8 Å². The molecule has 0 saturated carbocycles. The second kappa shape index (κ2) is 7.57. The molecular formula is C13H28N2O3S. The maximum absolute atomic E-state index is 11.8. The van der Waals surface area contributed by atoms with E-state index in [1.807, 2.05) is 0 Å². The van der Waals surface area contributed by atoms with Crippen LogP contribution in [0.4, 0.5) is 0 Å². The largest absolute Gasteiger partial charge is 0.379 e. The number of ether oxygens (including phenoxy) is 1. The average molecular weight is 292 g/mol. The van der Waals surface area contributed by atoms with E-state index in [1.54, 1.807) is 13.8 Å². The van der Waals surface area contributed by atoms with Gasteiger partial charge in [-0.05, 0) is 26.2 Å². The predicted molar refractivity (Wildman–Crippen MR) is 77.7 cm³/mol. The Balaban J connectivity index is 2.59. The summed E-state index contributed by atoms with van der Waals surface area (Å²) in [4.78, 5) is 2.34. The minimum atomic E-state index is -3.18. The van der Waals surface area contributed by atoms with Gasteiger partial charge in [0.25, 0.3) is 0 Å². The standard InChI is InChI=1S/C13H28N2O3S/c1-11(2)9-13(15-5-7-18-8-6-15)10-14-19(16,17)12(3)4/h11-14H,5-10H2,1-4H3. The molecule has 0 bridgehead atoms. The Morgan fingerprint density at radius 1 is 1.16 bits per heavy atom. The van der Waals surface area contributed by atoms with Crippen LogP contribution in [0.25, 0.3) is 0 Å². The van der Waals surface area contributed by atoms with Gasteiger partial charge < -0.3 is 4.74 Å². The molecule has 1 aliphatic heterocycles. The van der Waals surface area contributed by atoms with Crippen LogP contribution in [-0.2, 0) is 14.8 Å². The Labute approximate surface area is 117 Å². The zero-order chi connectivity index (χ0) is 14.5. The molecular weight excluding hydrogens is 264 g/mol. The van der Waals surface area contributed by atoms with Gasteiger partial charge in [0.05, 0.1) is 18.5 Å². The molecule has 0 amide bonds. The number of morpholine rings is 1. The van der Waals surface area contributed by atoms with E-state index in [2.05, 4.69) is 23.5 Å². The molecule has 0 aromatic rings. The predicted octanol–water partition coefficient (Wildman–Crippen LogP) is 1.06. The van der Waals surface area contributed by atoms with Crippen molar-refractivity contribution in [2.24, 2.45) is 5.92 Å². The molecule has 114 valence electrons. The molecule has 19 heavy (non-hydrogen) atoms. The quantitative estimate of drug-likeness (QED) is 0.762. The summed E-state index contributed by atoms with van der Waals surface area (Å²) < 4.78 is 31.8. The Kier molecular flexibility index (Phi) is 6.73. The molecule has 0 radical (unpaired) electrons. The molecule has 1 rings (SSSR count). The molecule has 1 fully saturated rings. The molecule has 0 aromatic heterocycles. The minimum Gasteiger partial charge on any atom is -0.379 e. The highest BCUT2D eigenvalue weighted by Gasteiger charge is 2.24. The third-order valence-corrected chi connectivity index (χ3v) is 5.26. The topological polar surface area (TPSA) is 58.6 Å². The normalized spacial score (nSPS) is 20.1. The number of sulfonamides is 1. The van der Waals surface area contributed by atoms with E-state index < -0.39 is 10.0 Å². The Morgan fingerprint density at radius 3 is 2.21 bits per heavy atom. The van der Waals surface area contributed by atoms with E-state index in [0.29, 0.717) is 12.5 Å². The van der Waals surface area contributed by atoms with Gasteiger partial charge in [-0.15, -0.1) is 0 Å². The van der Waals surface area contributed by atoms with Crippen LogP contribution < -0.4 is 4.72 Å². The van der Waals surface area contributed by atoms with Crippen molar-refractivity contribution in [3.05, 3.63) is 0 Å². The zero-order valence-electron chi connectivity index (χ0n) is 12.6. The van der Waals surface area contributed by atoms with Crippen molar-refractivity contribution in [3.8, 4) is 0 Å². The average Bonchev–Trinajstić information content (AvgIpc) is 2.35. The molecule has 1 atom stereocenters. The van der Waals surface area contributed by atoms with Crippen LogP contribution >= 0.6 is 0 Å². The lowest BCUT2D eigenvalue weighted by Crippen LogP contribution is -2.50. The molecule has 1 saturated heterocycles. The Hall–Kier alpha value is -0.170. The Bertz CT molecular complexity index is 349. The minimum absolute atomic E-state index is 0.262. The molecule has 0 aliphatic carbocycles. The van der Waals surface area contributed by atoms with Crippen LogP contribution in [0, 0.1) is 5.92 Å². The van der Waals surface area contributed by atoms with Crippen LogP contribution in [-0.4, -0.2) is 57.5 Å². The maximum atomic E-state index is 11.8. The van der Waals surface area contributed by atoms with E-state index in [4.69, 9.17) is 4.74 Å². The van der Waals surface area contributed by atoms with Gasteiger partial charge >= 0.3 is 0 Å². The highest BCUT2D eigenvalue weighted by Crippen LogP contribution is 2.13. The van der Waals surface area contributed by atoms with Crippen molar-refractivity contribution in [1.82, 2.24) is 9.62 Å². The first kappa shape index (κ1) is 16.9. The summed E-state index contributed by atoms with van der Waals surface area (Å²) in [6.45, 7) is 11.5. The highest BCUT2D eigenvalue weighted by atomic mass is 32.2. The van der Waals surface area contributed by atoms with Gasteiger partial charge in [0.15, 0.2) is 0 Å². The first-order valence-electron chi connectivity index (χ1n) is 7.13. The molecule has 1 unspecified atom stereocenters. The first-order chi connectivity index (χ1) is 8.83. The van der Waals surface area contributed by atoms with Gasteiger partial charge in [-0.25, -0.2) is 13.1 Å². The summed E-state index contributed by atoms with van der Waals surface area (Å²) in [5.74, 6) is 0.552. The monoisotopic (exact) mass is 292 g/mol. The lowest BCUT2D eigenvalue weighted by Gasteiger charge is -2.35. The van der Waals surface area contributed by atoms with Crippen molar-refractivity contribution < 1.29 is 13.2 Å². The van der Waals surface area contributed by atoms with Crippen LogP contribution in [0.5, 0.6) is 0 Å². The van der Waals surface area contributed by atoms with E-state index in [0.717, 1.165) is 32.7 Å². The molecule has 0 spiro atoms. The van der Waals surface area contributed by atoms with E-state index >= 15 is 0 Å². The number of rotatable bonds is 7. The molecule has 1 heterocycles. The fourth-order valence-electron chi connectivity index (χ4n) is 2.23. The van der Waals surface area contributed by atoms with Crippen LogP contribution in [0.1, 0.15) is 34.1 Å². The van der Waals surface area contributed by atoms with Crippen molar-refractivity contribution >= 4 is 10.0 Å². The number of hydrogen-bond acceptors (Lipinski definition) is 4. The Morgan fingerprint density at radius 2 is 1.74 bits per heavy atom. The van der Waals surface area contributed by atoms with Crippen LogP contribution in [0.3, 0.4) is 0 Å². The maximum Gasteiger partial charge on any atom is 0.213 e. The van der Waals surface area contributed by atoms with Crippen molar-refractivity contribution in [2.75, 3.05) is 32.8 Å². The van der Waals surface area contributed by atoms with Gasteiger partial charge in [-0.2, -0.15) is 0 Å². The first-order valence-corrected chi connectivity index (χ1v) is 8.68. The SMILES string of the molecule is CC(C)CC(CNS(=O)(=O)C(C)C)N1CCOCC1. The van der Waals surface area contributed by atoms with Crippen molar-refractivity contribution in [2.45, 2.75) is 45.4 Å². The number of hydrogen-bond donors (Lipinski definition) is 1. The van der Waals surface area contributed by atoms with Crippen LogP contribution in [0.15, 0.2) is 0 Å². The smallest absolute Gasteiger partial charge is 0.213 e. The summed E-state index contributed by atoms with van der Waals surface area (Å²) in [5, 5.41) is -0.378. The summed E-state index contributed by atoms with van der Waals surface area (Å²) in [5.41, 5.74) is 0. The van der Waals surface area contributed by atoms with Gasteiger partial charge in [0.1, 0.15) is 0 Å². The van der Waals surface area contributed by atoms with Gasteiger partial charge in [-0.3, -0.25) is 4.90 Å². The summed E-state index contributed by atoms with van der Waals surface area (Å²) in [7, 11) is -3.18. The summed E-state index contributed by atoms with van der Waals surface area (Å²) in [6, 6.07) is 0.262. The molecule has 5 nitrogen and oxygen atoms in total. The lowest BCUT2D eigenvalue weighted by atomic mass is 10.0. The third-order valence-electron chi connectivity index (χ3n) is 3.45. The molecule has 1 aliphatic rings. The second-order valence-corrected chi connectivity index (χ2v) is 8.20. The fourth-order valence-corrected chi connectivity index (χ4v) is 2.99. The summed E-state index contributed by atoms with van der Waals surface area (Å²) >= 11 is 0. The molecule has 0 aromatic carbocycles. The second-order valence-electron chi connectivity index (χ2n) is 5.87.